The van der Waals surface area contributed by atoms with Crippen LogP contribution < -0.4 is 4.74 Å². The minimum atomic E-state index is -0.804. The van der Waals surface area contributed by atoms with Gasteiger partial charge in [-0.1, -0.05) is 59.8 Å². The van der Waals surface area contributed by atoms with Gasteiger partial charge in [0.25, 0.3) is 0 Å². The number of carbonyl (C=O) groups excluding carboxylic acids is 2. The number of rotatable bonds is 2. The molecule has 0 unspecified atom stereocenters. The topological polar surface area (TPSA) is 43.4 Å². The minimum absolute atomic E-state index is 0.0356. The summed E-state index contributed by atoms with van der Waals surface area (Å²) in [5.74, 6) is 0.429. The number of ether oxygens (including phenoxy) is 1. The van der Waals surface area contributed by atoms with Crippen molar-refractivity contribution in [3.05, 3.63) is 47.6 Å². The molecule has 0 saturated carbocycles. The molecule has 3 rings (SSSR count). The van der Waals surface area contributed by atoms with E-state index in [1.165, 1.54) is 0 Å². The van der Waals surface area contributed by atoms with Crippen LogP contribution in [0.25, 0.3) is 5.57 Å². The Hall–Kier alpha value is -2.16. The third-order valence-electron chi connectivity index (χ3n) is 5.83. The first-order valence-corrected chi connectivity index (χ1v) is 9.11. The van der Waals surface area contributed by atoms with Gasteiger partial charge in [-0.15, -0.1) is 0 Å². The second-order valence-corrected chi connectivity index (χ2v) is 9.42. The second kappa shape index (κ2) is 5.67. The number of methoxy groups -OCH3 is 1. The van der Waals surface area contributed by atoms with E-state index in [-0.39, 0.29) is 22.4 Å². The van der Waals surface area contributed by atoms with Crippen LogP contribution in [0.5, 0.6) is 5.75 Å². The molecule has 26 heavy (non-hydrogen) atoms. The van der Waals surface area contributed by atoms with Crippen molar-refractivity contribution in [1.29, 1.82) is 0 Å². The summed E-state index contributed by atoms with van der Waals surface area (Å²) in [7, 11) is 1.62. The van der Waals surface area contributed by atoms with E-state index in [2.05, 4.69) is 20.8 Å². The van der Waals surface area contributed by atoms with Crippen molar-refractivity contribution in [2.45, 2.75) is 41.5 Å². The predicted octanol–water partition coefficient (Wildman–Crippen LogP) is 4.87. The predicted molar refractivity (Wildman–Crippen MR) is 104 cm³/mol. The average Bonchev–Trinajstić information content (AvgIpc) is 3.02. The number of hydrogen-bond acceptors (Lipinski definition) is 3. The fourth-order valence-corrected chi connectivity index (χ4v) is 4.33. The number of allylic oxidation sites excluding steroid dienone is 4. The molecule has 0 saturated heterocycles. The molecule has 0 aromatic heterocycles. The van der Waals surface area contributed by atoms with Gasteiger partial charge < -0.3 is 4.74 Å². The molecule has 0 bridgehead atoms. The van der Waals surface area contributed by atoms with E-state index in [1.807, 2.05) is 51.1 Å². The Morgan fingerprint density at radius 3 is 2.00 bits per heavy atom. The lowest BCUT2D eigenvalue weighted by Gasteiger charge is -2.40. The molecule has 1 aromatic rings. The zero-order valence-electron chi connectivity index (χ0n) is 16.8. The van der Waals surface area contributed by atoms with E-state index in [1.54, 1.807) is 13.2 Å². The van der Waals surface area contributed by atoms with Gasteiger partial charge in [0.1, 0.15) is 5.75 Å². The molecule has 0 heterocycles. The van der Waals surface area contributed by atoms with E-state index in [0.717, 1.165) is 22.5 Å². The van der Waals surface area contributed by atoms with Crippen LogP contribution in [0.1, 0.15) is 47.1 Å². The van der Waals surface area contributed by atoms with Crippen LogP contribution in [0.2, 0.25) is 0 Å². The first-order chi connectivity index (χ1) is 11.9. The van der Waals surface area contributed by atoms with E-state index >= 15 is 0 Å². The van der Waals surface area contributed by atoms with Crippen molar-refractivity contribution in [3.8, 4) is 5.75 Å². The number of ketones is 2. The molecule has 0 amide bonds. The molecule has 0 radical (unpaired) electrons. The lowest BCUT2D eigenvalue weighted by Crippen LogP contribution is -2.43. The number of benzene rings is 1. The van der Waals surface area contributed by atoms with Gasteiger partial charge in [0.2, 0.25) is 0 Å². The van der Waals surface area contributed by atoms with Gasteiger partial charge in [-0.2, -0.15) is 0 Å². The van der Waals surface area contributed by atoms with Crippen LogP contribution in [0.4, 0.5) is 0 Å². The minimum Gasteiger partial charge on any atom is -0.497 e. The zero-order valence-corrected chi connectivity index (χ0v) is 16.8. The van der Waals surface area contributed by atoms with Crippen molar-refractivity contribution in [3.63, 3.8) is 0 Å². The van der Waals surface area contributed by atoms with Gasteiger partial charge in [-0.3, -0.25) is 9.59 Å². The van der Waals surface area contributed by atoms with Crippen LogP contribution in [-0.4, -0.2) is 18.7 Å². The molecule has 0 fully saturated rings. The molecule has 2 aliphatic rings. The van der Waals surface area contributed by atoms with Crippen LogP contribution in [0.3, 0.4) is 0 Å². The Kier molecular flexibility index (Phi) is 4.06. The normalized spacial score (nSPS) is 25.9. The summed E-state index contributed by atoms with van der Waals surface area (Å²) in [6, 6.07) is 7.60. The van der Waals surface area contributed by atoms with E-state index in [9.17, 15) is 9.59 Å². The highest BCUT2D eigenvalue weighted by molar-refractivity contribution is 6.22. The van der Waals surface area contributed by atoms with Crippen LogP contribution in [-0.2, 0) is 9.59 Å². The SMILES string of the molecule is COc1ccc(C2=CC(=O)[C@]3(C(C)(C)C)C=C(C(C)(C)C)C(=O)[C@H]23)cc1. The Balaban J connectivity index is 2.18. The molecule has 0 spiro atoms. The third-order valence-corrected chi connectivity index (χ3v) is 5.83. The van der Waals surface area contributed by atoms with Crippen LogP contribution in [0.15, 0.2) is 42.0 Å². The van der Waals surface area contributed by atoms with E-state index in [4.69, 9.17) is 4.74 Å². The van der Waals surface area contributed by atoms with Crippen molar-refractivity contribution in [1.82, 2.24) is 0 Å². The Labute approximate surface area is 156 Å². The zero-order chi connectivity index (χ0) is 19.5. The summed E-state index contributed by atoms with van der Waals surface area (Å²) in [4.78, 5) is 26.7. The monoisotopic (exact) mass is 352 g/mol. The summed E-state index contributed by atoms with van der Waals surface area (Å²) in [6.45, 7) is 12.3. The molecule has 3 heteroatoms. The molecule has 0 aliphatic heterocycles. The maximum atomic E-state index is 13.5. The van der Waals surface area contributed by atoms with Gasteiger partial charge in [0.05, 0.1) is 18.4 Å². The van der Waals surface area contributed by atoms with Gasteiger partial charge in [0, 0.05) is 0 Å². The van der Waals surface area contributed by atoms with E-state index < -0.39 is 11.3 Å². The van der Waals surface area contributed by atoms with Gasteiger partial charge in [0.15, 0.2) is 11.6 Å². The first-order valence-electron chi connectivity index (χ1n) is 9.11. The number of hydrogen-bond donors (Lipinski definition) is 0. The average molecular weight is 352 g/mol. The molecular formula is C23H28O3. The van der Waals surface area contributed by atoms with Crippen LogP contribution >= 0.6 is 0 Å². The highest BCUT2D eigenvalue weighted by Gasteiger charge is 2.63. The van der Waals surface area contributed by atoms with Gasteiger partial charge >= 0.3 is 0 Å². The van der Waals surface area contributed by atoms with E-state index in [0.29, 0.717) is 0 Å². The van der Waals surface area contributed by atoms with Crippen molar-refractivity contribution in [2.75, 3.05) is 7.11 Å². The quantitative estimate of drug-likeness (QED) is 0.763. The summed E-state index contributed by atoms with van der Waals surface area (Å²) in [5.41, 5.74) is 1.06. The highest BCUT2D eigenvalue weighted by Crippen LogP contribution is 2.61. The third kappa shape index (κ3) is 2.48. The molecule has 3 nitrogen and oxygen atoms in total. The van der Waals surface area contributed by atoms with Gasteiger partial charge in [-0.25, -0.2) is 0 Å². The summed E-state index contributed by atoms with van der Waals surface area (Å²) in [5, 5.41) is 0. The maximum Gasteiger partial charge on any atom is 0.167 e. The fraction of sp³-hybridized carbons (Fsp3) is 0.478. The molecule has 2 atom stereocenters. The largest absolute Gasteiger partial charge is 0.497 e. The maximum absolute atomic E-state index is 13.5. The molecule has 138 valence electrons. The lowest BCUT2D eigenvalue weighted by molar-refractivity contribution is -0.132. The Morgan fingerprint density at radius 2 is 1.54 bits per heavy atom. The smallest absolute Gasteiger partial charge is 0.167 e. The molecular weight excluding hydrogens is 324 g/mol. The number of carbonyl (C=O) groups is 2. The van der Waals surface area contributed by atoms with Gasteiger partial charge in [-0.05, 0) is 45.7 Å². The molecule has 2 aliphatic carbocycles. The molecule has 0 N–H and O–H groups in total. The summed E-state index contributed by atoms with van der Waals surface area (Å²) >= 11 is 0. The Bertz CT molecular complexity index is 826. The van der Waals surface area contributed by atoms with Crippen molar-refractivity contribution < 1.29 is 14.3 Å². The standard InChI is InChI=1S/C23H28O3/c1-21(2,3)17-13-23(22(4,5)6)18(24)12-16(19(23)20(17)25)14-8-10-15(26-7)11-9-14/h8-13,19H,1-7H3/t19-,23+/m0/s1. The Morgan fingerprint density at radius 1 is 0.962 bits per heavy atom. The summed E-state index contributed by atoms with van der Waals surface area (Å²) in [6.07, 6.45) is 3.67. The summed E-state index contributed by atoms with van der Waals surface area (Å²) < 4.78 is 5.23. The second-order valence-electron chi connectivity index (χ2n) is 9.42. The highest BCUT2D eigenvalue weighted by atomic mass is 16.5. The van der Waals surface area contributed by atoms with Crippen molar-refractivity contribution in [2.24, 2.45) is 22.2 Å². The fourth-order valence-electron chi connectivity index (χ4n) is 4.33. The van der Waals surface area contributed by atoms with Crippen molar-refractivity contribution >= 4 is 17.1 Å². The molecule has 1 aromatic carbocycles. The number of fused-ring (bicyclic) bond motifs is 1. The lowest BCUT2D eigenvalue weighted by atomic mass is 9.60. The van der Waals surface area contributed by atoms with Crippen LogP contribution in [0, 0.1) is 22.2 Å². The number of Topliss-reactive ketones (excluding diaryl/α,β-unsaturated/α-hetero) is 1. The first kappa shape index (κ1) is 18.6.